The van der Waals surface area contributed by atoms with Crippen molar-refractivity contribution in [2.75, 3.05) is 13.2 Å². The molecule has 0 aliphatic rings. The van der Waals surface area contributed by atoms with Crippen LogP contribution in [0, 0.1) is 5.41 Å². The molecule has 0 spiro atoms. The minimum absolute atomic E-state index is 0. The first-order valence-electron chi connectivity index (χ1n) is 14.9. The van der Waals surface area contributed by atoms with Gasteiger partial charge in [0, 0.05) is 28.9 Å². The quantitative estimate of drug-likeness (QED) is 0.123. The Morgan fingerprint density at radius 1 is 0.628 bits per heavy atom. The van der Waals surface area contributed by atoms with E-state index in [4.69, 9.17) is 9.47 Å². The molecule has 0 bridgehead atoms. The third kappa shape index (κ3) is 8.60. The molecule has 0 radical (unpaired) electrons. The summed E-state index contributed by atoms with van der Waals surface area (Å²) < 4.78 is 12.3. The molecule has 0 N–H and O–H groups in total. The number of ether oxygens (including phenoxy) is 2. The number of hydrogen-bond acceptors (Lipinski definition) is 3. The van der Waals surface area contributed by atoms with Crippen molar-refractivity contribution < 1.29 is 14.3 Å². The molecule has 4 aromatic carbocycles. The second-order valence-electron chi connectivity index (χ2n) is 11.6. The van der Waals surface area contributed by atoms with Gasteiger partial charge in [-0.1, -0.05) is 146 Å². The summed E-state index contributed by atoms with van der Waals surface area (Å²) in [7, 11) is 0. The van der Waals surface area contributed by atoms with Crippen LogP contribution in [0.2, 0.25) is 0 Å². The van der Waals surface area contributed by atoms with Gasteiger partial charge in [0.05, 0.1) is 5.41 Å². The molecule has 3 unspecified atom stereocenters. The van der Waals surface area contributed by atoms with Crippen molar-refractivity contribution in [3.63, 3.8) is 0 Å². The van der Waals surface area contributed by atoms with E-state index >= 15 is 0 Å². The van der Waals surface area contributed by atoms with Crippen molar-refractivity contribution in [2.45, 2.75) is 80.6 Å². The van der Waals surface area contributed by atoms with Crippen molar-refractivity contribution in [1.82, 2.24) is 0 Å². The van der Waals surface area contributed by atoms with Crippen molar-refractivity contribution in [3.8, 4) is 5.75 Å². The van der Waals surface area contributed by atoms with Gasteiger partial charge in [-0.15, -0.1) is 0 Å². The lowest BCUT2D eigenvalue weighted by Gasteiger charge is -2.27. The largest absolute Gasteiger partial charge is 0.489 e. The van der Waals surface area contributed by atoms with Crippen LogP contribution in [-0.2, 0) is 9.53 Å². The van der Waals surface area contributed by atoms with E-state index in [9.17, 15) is 4.79 Å². The molecule has 0 aliphatic carbocycles. The minimum Gasteiger partial charge on any atom is -0.489 e. The van der Waals surface area contributed by atoms with Gasteiger partial charge in [-0.25, -0.2) is 0 Å². The Labute approximate surface area is 261 Å². The maximum atomic E-state index is 12.6. The summed E-state index contributed by atoms with van der Waals surface area (Å²) in [5, 5.41) is 0. The highest BCUT2D eigenvalue weighted by atomic mass is 16.6. The maximum Gasteiger partial charge on any atom is 0.311 e. The van der Waals surface area contributed by atoms with Crippen LogP contribution in [-0.4, -0.2) is 19.2 Å². The molecular formula is C40H52O3. The summed E-state index contributed by atoms with van der Waals surface area (Å²) in [4.78, 5) is 12.6. The van der Waals surface area contributed by atoms with E-state index in [1.165, 1.54) is 22.3 Å². The number of carbonyl (C=O) groups is 1. The third-order valence-corrected chi connectivity index (χ3v) is 8.50. The average Bonchev–Trinajstić information content (AvgIpc) is 3.02. The van der Waals surface area contributed by atoms with E-state index in [-0.39, 0.29) is 45.2 Å². The molecule has 0 amide bonds. The first-order chi connectivity index (χ1) is 19.7. The Kier molecular flexibility index (Phi) is 13.3. The van der Waals surface area contributed by atoms with Crippen LogP contribution in [0.25, 0.3) is 0 Å². The van der Waals surface area contributed by atoms with Crippen LogP contribution in [0.4, 0.5) is 0 Å². The van der Waals surface area contributed by atoms with E-state index in [0.29, 0.717) is 6.61 Å². The van der Waals surface area contributed by atoms with Crippen molar-refractivity contribution in [1.29, 1.82) is 0 Å². The van der Waals surface area contributed by atoms with E-state index in [2.05, 4.69) is 124 Å². The SMILES string of the molecule is C.C.CCC(C)(C)C(=O)OCCOc1c(C(C)c2ccccc2)cc(C(C)c2ccccc2)cc1C(C)c1ccccc1. The Hall–Kier alpha value is -3.85. The lowest BCUT2D eigenvalue weighted by atomic mass is 9.81. The topological polar surface area (TPSA) is 35.5 Å². The van der Waals surface area contributed by atoms with Gasteiger partial charge in [0.25, 0.3) is 0 Å². The fraction of sp³-hybridized carbons (Fsp3) is 0.375. The normalized spacial score (nSPS) is 13.1. The highest BCUT2D eigenvalue weighted by molar-refractivity contribution is 5.75. The van der Waals surface area contributed by atoms with Gasteiger partial charge in [0.15, 0.2) is 0 Å². The van der Waals surface area contributed by atoms with E-state index in [0.717, 1.165) is 23.3 Å². The first-order valence-corrected chi connectivity index (χ1v) is 14.9. The van der Waals surface area contributed by atoms with Gasteiger partial charge >= 0.3 is 5.97 Å². The molecule has 4 aromatic rings. The first kappa shape index (κ1) is 35.3. The monoisotopic (exact) mass is 580 g/mol. The molecule has 3 nitrogen and oxygen atoms in total. The molecule has 0 fully saturated rings. The lowest BCUT2D eigenvalue weighted by Crippen LogP contribution is -2.27. The second-order valence-corrected chi connectivity index (χ2v) is 11.6. The molecule has 230 valence electrons. The highest BCUT2D eigenvalue weighted by Gasteiger charge is 2.28. The maximum absolute atomic E-state index is 12.6. The molecule has 0 aromatic heterocycles. The molecule has 43 heavy (non-hydrogen) atoms. The van der Waals surface area contributed by atoms with E-state index in [1.54, 1.807) is 0 Å². The van der Waals surface area contributed by atoms with Crippen molar-refractivity contribution in [2.24, 2.45) is 5.41 Å². The number of esters is 1. The molecule has 0 saturated carbocycles. The molecular weight excluding hydrogens is 528 g/mol. The lowest BCUT2D eigenvalue weighted by molar-refractivity contribution is -0.154. The van der Waals surface area contributed by atoms with Gasteiger partial charge in [-0.3, -0.25) is 4.79 Å². The van der Waals surface area contributed by atoms with Crippen LogP contribution in [0.3, 0.4) is 0 Å². The van der Waals surface area contributed by atoms with Gasteiger partial charge in [-0.2, -0.15) is 0 Å². The Balaban J connectivity index is 0.00000323. The van der Waals surface area contributed by atoms with Crippen molar-refractivity contribution >= 4 is 5.97 Å². The van der Waals surface area contributed by atoms with Gasteiger partial charge in [-0.05, 0) is 42.5 Å². The molecule has 4 rings (SSSR count). The Morgan fingerprint density at radius 2 is 1.02 bits per heavy atom. The third-order valence-electron chi connectivity index (χ3n) is 8.50. The van der Waals surface area contributed by atoms with Crippen LogP contribution in [0.1, 0.15) is 114 Å². The number of carbonyl (C=O) groups excluding carboxylic acids is 1. The zero-order valence-corrected chi connectivity index (χ0v) is 25.4. The molecule has 0 saturated heterocycles. The van der Waals surface area contributed by atoms with Crippen LogP contribution in [0.15, 0.2) is 103 Å². The summed E-state index contributed by atoms with van der Waals surface area (Å²) >= 11 is 0. The summed E-state index contributed by atoms with van der Waals surface area (Å²) in [6, 6.07) is 36.5. The molecule has 3 heteroatoms. The smallest absolute Gasteiger partial charge is 0.311 e. The molecule has 0 aliphatic heterocycles. The van der Waals surface area contributed by atoms with Gasteiger partial charge in [0.1, 0.15) is 19.0 Å². The summed E-state index contributed by atoms with van der Waals surface area (Å²) in [5.74, 6) is 1.12. The Bertz CT molecular complexity index is 1330. The predicted molar refractivity (Wildman–Crippen MR) is 182 cm³/mol. The van der Waals surface area contributed by atoms with E-state index in [1.807, 2.05) is 20.8 Å². The summed E-state index contributed by atoms with van der Waals surface area (Å²) in [6.45, 7) is 13.1. The second kappa shape index (κ2) is 16.1. The molecule has 0 heterocycles. The zero-order chi connectivity index (χ0) is 29.4. The standard InChI is InChI=1S/C38H44O3.2CH4/c1-7-38(5,6)37(39)41-24-23-40-36-34(28(3)31-19-13-9-14-20-31)25-33(27(2)30-17-11-8-12-18-30)26-35(36)29(4)32-21-15-10-16-22-32;;/h8-22,25-29H,7,23-24H2,1-6H3;2*1H4. The highest BCUT2D eigenvalue weighted by Crippen LogP contribution is 2.42. The number of hydrogen-bond donors (Lipinski definition) is 0. The van der Waals surface area contributed by atoms with Gasteiger partial charge in [0.2, 0.25) is 0 Å². The number of rotatable bonds is 12. The Morgan fingerprint density at radius 3 is 1.42 bits per heavy atom. The summed E-state index contributed by atoms with van der Waals surface area (Å²) in [6.07, 6.45) is 0.727. The van der Waals surface area contributed by atoms with Crippen LogP contribution in [0.5, 0.6) is 5.75 Å². The molecule has 3 atom stereocenters. The van der Waals surface area contributed by atoms with Crippen molar-refractivity contribution in [3.05, 3.63) is 137 Å². The summed E-state index contributed by atoms with van der Waals surface area (Å²) in [5.41, 5.74) is 6.80. The van der Waals surface area contributed by atoms with Crippen LogP contribution < -0.4 is 4.74 Å². The fourth-order valence-electron chi connectivity index (χ4n) is 5.15. The van der Waals surface area contributed by atoms with Gasteiger partial charge < -0.3 is 9.47 Å². The predicted octanol–water partition coefficient (Wildman–Crippen LogP) is 10.8. The average molecular weight is 581 g/mol. The van der Waals surface area contributed by atoms with E-state index < -0.39 is 5.41 Å². The number of benzene rings is 4. The zero-order valence-electron chi connectivity index (χ0n) is 25.4. The minimum atomic E-state index is -0.505. The van der Waals surface area contributed by atoms with Crippen LogP contribution >= 0.6 is 0 Å². The fourth-order valence-corrected chi connectivity index (χ4v) is 5.15.